The van der Waals surface area contributed by atoms with Crippen LogP contribution in [0.25, 0.3) is 28.5 Å². The number of nitrogens with zero attached hydrogens (tertiary/aromatic N) is 4. The van der Waals surface area contributed by atoms with Gasteiger partial charge in [-0.2, -0.15) is 10.1 Å². The minimum absolute atomic E-state index is 0.117. The van der Waals surface area contributed by atoms with Crippen molar-refractivity contribution in [3.05, 3.63) is 66.0 Å². The molecule has 0 amide bonds. The maximum Gasteiger partial charge on any atom is 0.261 e. The molecular weight excluding hydrogens is 422 g/mol. The van der Waals surface area contributed by atoms with Gasteiger partial charge in [-0.1, -0.05) is 35.5 Å². The Hall–Kier alpha value is -3.41. The van der Waals surface area contributed by atoms with Gasteiger partial charge in [-0.3, -0.25) is 0 Å². The summed E-state index contributed by atoms with van der Waals surface area (Å²) in [5.74, 6) is 3.60. The van der Waals surface area contributed by atoms with E-state index in [2.05, 4.69) is 35.6 Å². The monoisotopic (exact) mass is 451 g/mol. The fraction of sp³-hybridized carbons (Fsp3) is 0.393. The van der Waals surface area contributed by atoms with Crippen molar-refractivity contribution in [2.24, 2.45) is 17.8 Å². The summed E-state index contributed by atoms with van der Waals surface area (Å²) < 4.78 is 7.90. The van der Waals surface area contributed by atoms with Crippen LogP contribution >= 0.6 is 0 Å². The van der Waals surface area contributed by atoms with Gasteiger partial charge in [0.1, 0.15) is 0 Å². The van der Waals surface area contributed by atoms with Gasteiger partial charge in [0.05, 0.1) is 16.9 Å². The van der Waals surface area contributed by atoms with Crippen molar-refractivity contribution < 1.29 is 4.52 Å². The summed E-state index contributed by atoms with van der Waals surface area (Å²) >= 11 is 0. The van der Waals surface area contributed by atoms with Crippen molar-refractivity contribution in [3.8, 4) is 28.5 Å². The zero-order valence-corrected chi connectivity index (χ0v) is 19.4. The third-order valence-corrected chi connectivity index (χ3v) is 8.55. The number of nitrogen functional groups attached to an aromatic ring is 1. The summed E-state index contributed by atoms with van der Waals surface area (Å²) in [6.07, 6.45) is 9.97. The number of rotatable bonds is 4. The number of hydrogen-bond donors (Lipinski definition) is 1. The molecule has 2 aromatic heterocycles. The van der Waals surface area contributed by atoms with Crippen LogP contribution in [0.2, 0.25) is 0 Å². The van der Waals surface area contributed by atoms with E-state index >= 15 is 0 Å². The first-order chi connectivity index (χ1) is 16.6. The Balaban J connectivity index is 1.37. The number of anilines is 1. The molecule has 2 heterocycles. The van der Waals surface area contributed by atoms with Crippen LogP contribution < -0.4 is 5.73 Å². The Kier molecular flexibility index (Phi) is 4.29. The van der Waals surface area contributed by atoms with Crippen molar-refractivity contribution >= 4 is 5.69 Å². The molecule has 4 aliphatic rings. The van der Waals surface area contributed by atoms with Gasteiger partial charge in [-0.25, -0.2) is 4.68 Å². The third-order valence-electron chi connectivity index (χ3n) is 8.55. The number of nitrogens with two attached hydrogens (primary N) is 1. The highest BCUT2D eigenvalue weighted by Crippen LogP contribution is 2.61. The van der Waals surface area contributed by atoms with Crippen molar-refractivity contribution in [2.75, 3.05) is 5.73 Å². The first kappa shape index (κ1) is 20.0. The van der Waals surface area contributed by atoms with Gasteiger partial charge in [-0.15, -0.1) is 0 Å². The molecule has 172 valence electrons. The van der Waals surface area contributed by atoms with Crippen LogP contribution in [-0.4, -0.2) is 19.9 Å². The van der Waals surface area contributed by atoms with Crippen LogP contribution in [0.3, 0.4) is 0 Å². The molecule has 0 spiro atoms. The van der Waals surface area contributed by atoms with E-state index in [0.29, 0.717) is 11.7 Å². The molecule has 8 rings (SSSR count). The molecule has 4 aromatic rings. The predicted octanol–water partition coefficient (Wildman–Crippen LogP) is 5.95. The lowest BCUT2D eigenvalue weighted by Gasteiger charge is -2.56. The zero-order chi connectivity index (χ0) is 22.9. The normalized spacial score (nSPS) is 27.4. The van der Waals surface area contributed by atoms with E-state index in [1.54, 1.807) is 0 Å². The summed E-state index contributed by atoms with van der Waals surface area (Å²) in [5, 5.41) is 9.58. The van der Waals surface area contributed by atoms with E-state index in [9.17, 15) is 0 Å². The molecular formula is C28H29N5O. The largest absolute Gasteiger partial charge is 0.398 e. The molecule has 4 saturated carbocycles. The lowest BCUT2D eigenvalue weighted by molar-refractivity contribution is -0.00715. The summed E-state index contributed by atoms with van der Waals surface area (Å²) in [6.45, 7) is 2.00. The van der Waals surface area contributed by atoms with E-state index in [1.165, 1.54) is 38.5 Å². The topological polar surface area (TPSA) is 82.8 Å². The zero-order valence-electron chi connectivity index (χ0n) is 19.4. The van der Waals surface area contributed by atoms with Crippen LogP contribution in [0.5, 0.6) is 0 Å². The number of para-hydroxylation sites is 1. The highest BCUT2D eigenvalue weighted by atomic mass is 16.5. The molecule has 34 heavy (non-hydrogen) atoms. The first-order valence-corrected chi connectivity index (χ1v) is 12.4. The van der Waals surface area contributed by atoms with Crippen molar-refractivity contribution in [1.82, 2.24) is 19.9 Å². The smallest absolute Gasteiger partial charge is 0.261 e. The maximum atomic E-state index is 6.14. The van der Waals surface area contributed by atoms with Gasteiger partial charge in [0.2, 0.25) is 5.82 Å². The Morgan fingerprint density at radius 1 is 0.912 bits per heavy atom. The van der Waals surface area contributed by atoms with Gasteiger partial charge in [0, 0.05) is 22.9 Å². The average Bonchev–Trinajstić information content (AvgIpc) is 3.49. The van der Waals surface area contributed by atoms with E-state index < -0.39 is 0 Å². The lowest BCUT2D eigenvalue weighted by atomic mass is 9.48. The van der Waals surface area contributed by atoms with Crippen LogP contribution in [0.4, 0.5) is 5.69 Å². The SMILES string of the molecule is Cc1c(N)cccc1-c1noc(-c2cn(-c3ccccc3)nc2C23CC4CC(CC(C4)C2)C3)n1. The maximum absolute atomic E-state index is 6.14. The summed E-state index contributed by atoms with van der Waals surface area (Å²) in [6, 6.07) is 16.1. The highest BCUT2D eigenvalue weighted by molar-refractivity contribution is 5.69. The molecule has 6 heteroatoms. The second kappa shape index (κ2) is 7.29. The highest BCUT2D eigenvalue weighted by Gasteiger charge is 2.53. The van der Waals surface area contributed by atoms with Gasteiger partial charge < -0.3 is 10.3 Å². The quantitative estimate of drug-likeness (QED) is 0.388. The Bertz CT molecular complexity index is 1330. The van der Waals surface area contributed by atoms with Crippen LogP contribution in [0, 0.1) is 24.7 Å². The molecule has 4 aliphatic carbocycles. The van der Waals surface area contributed by atoms with Crippen LogP contribution in [0.15, 0.2) is 59.3 Å². The first-order valence-electron chi connectivity index (χ1n) is 12.4. The lowest BCUT2D eigenvalue weighted by Crippen LogP contribution is -2.49. The van der Waals surface area contributed by atoms with E-state index in [-0.39, 0.29) is 5.41 Å². The second-order valence-corrected chi connectivity index (χ2v) is 10.8. The van der Waals surface area contributed by atoms with Gasteiger partial charge >= 0.3 is 0 Å². The van der Waals surface area contributed by atoms with Crippen LogP contribution in [0.1, 0.15) is 49.8 Å². The minimum Gasteiger partial charge on any atom is -0.398 e. The molecule has 4 fully saturated rings. The number of aromatic nitrogens is 4. The Morgan fingerprint density at radius 2 is 1.62 bits per heavy atom. The molecule has 0 unspecified atom stereocenters. The average molecular weight is 452 g/mol. The molecule has 2 N–H and O–H groups in total. The van der Waals surface area contributed by atoms with Crippen LogP contribution in [-0.2, 0) is 5.41 Å². The van der Waals surface area contributed by atoms with Gasteiger partial charge in [0.25, 0.3) is 5.89 Å². The van der Waals surface area contributed by atoms with Crippen molar-refractivity contribution in [3.63, 3.8) is 0 Å². The van der Waals surface area contributed by atoms with Gasteiger partial charge in [0.15, 0.2) is 0 Å². The molecule has 0 aliphatic heterocycles. The summed E-state index contributed by atoms with van der Waals surface area (Å²) in [4.78, 5) is 4.86. The van der Waals surface area contributed by atoms with E-state index in [0.717, 1.165) is 51.5 Å². The Labute approximate surface area is 199 Å². The number of benzene rings is 2. The van der Waals surface area contributed by atoms with Crippen molar-refractivity contribution in [1.29, 1.82) is 0 Å². The molecule has 0 atom stereocenters. The molecule has 2 aromatic carbocycles. The fourth-order valence-electron chi connectivity index (χ4n) is 7.37. The van der Waals surface area contributed by atoms with E-state index in [1.807, 2.05) is 35.9 Å². The predicted molar refractivity (Wildman–Crippen MR) is 131 cm³/mol. The molecule has 4 bridgehead atoms. The molecule has 0 radical (unpaired) electrons. The standard InChI is InChI=1S/C28H29N5O/c1-17-22(8-5-9-24(17)29)26-30-27(34-32-26)23-16-33(21-6-3-2-4-7-21)31-25(23)28-13-18-10-19(14-28)12-20(11-18)15-28/h2-9,16,18-20H,10-15,29H2,1H3. The minimum atomic E-state index is 0.117. The fourth-order valence-corrected chi connectivity index (χ4v) is 7.37. The third kappa shape index (κ3) is 3.04. The summed E-state index contributed by atoms with van der Waals surface area (Å²) in [5.41, 5.74) is 12.0. The molecule has 0 saturated heterocycles. The molecule has 6 nitrogen and oxygen atoms in total. The summed E-state index contributed by atoms with van der Waals surface area (Å²) in [7, 11) is 0. The second-order valence-electron chi connectivity index (χ2n) is 10.8. The van der Waals surface area contributed by atoms with Crippen molar-refractivity contribution in [2.45, 2.75) is 50.9 Å². The number of hydrogen-bond acceptors (Lipinski definition) is 5. The Morgan fingerprint density at radius 3 is 2.32 bits per heavy atom. The van der Waals surface area contributed by atoms with E-state index in [4.69, 9.17) is 20.3 Å². The van der Waals surface area contributed by atoms with Gasteiger partial charge in [-0.05, 0) is 87.0 Å².